The van der Waals surface area contributed by atoms with Crippen LogP contribution in [0.5, 0.6) is 0 Å². The Balaban J connectivity index is 1.36. The van der Waals surface area contributed by atoms with E-state index in [1.807, 2.05) is 31.2 Å². The molecular weight excluding hydrogens is 352 g/mol. The highest BCUT2D eigenvalue weighted by Gasteiger charge is 2.59. The summed E-state index contributed by atoms with van der Waals surface area (Å²) >= 11 is 0. The fourth-order valence-electron chi connectivity index (χ4n) is 4.83. The van der Waals surface area contributed by atoms with E-state index in [9.17, 15) is 14.4 Å². The van der Waals surface area contributed by atoms with E-state index < -0.39 is 0 Å². The number of hydrogen-bond donors (Lipinski definition) is 1. The maximum Gasteiger partial charge on any atom is 0.255 e. The molecule has 1 saturated carbocycles. The number of para-hydroxylation sites is 1. The molecule has 2 aromatic rings. The molecule has 1 heterocycles. The lowest BCUT2D eigenvalue weighted by molar-refractivity contribution is -0.123. The number of nitrogens with zero attached hydrogens (tertiary/aromatic N) is 1. The van der Waals surface area contributed by atoms with E-state index in [-0.39, 0.29) is 41.4 Å². The second-order valence-electron chi connectivity index (χ2n) is 7.83. The number of fused-ring (bicyclic) bond motifs is 5. The van der Waals surface area contributed by atoms with Gasteiger partial charge in [0.25, 0.3) is 5.91 Å². The molecule has 1 N–H and O–H groups in total. The zero-order valence-corrected chi connectivity index (χ0v) is 15.5. The van der Waals surface area contributed by atoms with E-state index in [0.717, 1.165) is 17.7 Å². The number of allylic oxidation sites excluding steroid dienone is 2. The standard InChI is InChI=1S/C23H20N2O3/c1-13-4-2-3-5-18(13)24-21(26)14-8-10-17(11-9-14)25-22(27)19-15-6-7-16(12-15)20(19)23(25)28/h2-11,15-16,19-20H,12H2,1H3,(H,24,26)/t15-,16+,19-,20-/m0/s1. The number of benzene rings is 2. The molecule has 0 spiro atoms. The van der Waals surface area contributed by atoms with Gasteiger partial charge in [0.1, 0.15) is 0 Å². The number of aryl methyl sites for hydroxylation is 1. The van der Waals surface area contributed by atoms with Gasteiger partial charge in [-0.15, -0.1) is 0 Å². The van der Waals surface area contributed by atoms with E-state index in [1.54, 1.807) is 24.3 Å². The summed E-state index contributed by atoms with van der Waals surface area (Å²) in [5.74, 6) is -0.490. The number of carbonyl (C=O) groups is 3. The second-order valence-corrected chi connectivity index (χ2v) is 7.83. The first-order chi connectivity index (χ1) is 13.5. The molecule has 5 heteroatoms. The van der Waals surface area contributed by atoms with Gasteiger partial charge in [0.15, 0.2) is 0 Å². The third-order valence-electron chi connectivity index (χ3n) is 6.25. The highest BCUT2D eigenvalue weighted by molar-refractivity contribution is 6.23. The predicted molar refractivity (Wildman–Crippen MR) is 106 cm³/mol. The molecule has 0 unspecified atom stereocenters. The molecule has 1 saturated heterocycles. The van der Waals surface area contributed by atoms with E-state index >= 15 is 0 Å². The SMILES string of the molecule is Cc1ccccc1NC(=O)c1ccc(N2C(=O)[C@@H]3[C@@H](C2=O)[C@H]2C=C[C@@H]3C2)cc1. The van der Waals surface area contributed by atoms with Crippen molar-refractivity contribution in [2.45, 2.75) is 13.3 Å². The first-order valence-corrected chi connectivity index (χ1v) is 9.58. The van der Waals surface area contributed by atoms with Crippen molar-refractivity contribution in [2.24, 2.45) is 23.7 Å². The van der Waals surface area contributed by atoms with Crippen molar-refractivity contribution in [3.63, 3.8) is 0 Å². The largest absolute Gasteiger partial charge is 0.322 e. The molecule has 1 aliphatic heterocycles. The molecule has 0 radical (unpaired) electrons. The minimum Gasteiger partial charge on any atom is -0.322 e. The number of carbonyl (C=O) groups excluding carboxylic acids is 3. The quantitative estimate of drug-likeness (QED) is 0.662. The summed E-state index contributed by atoms with van der Waals surface area (Å²) in [6.45, 7) is 1.93. The fraction of sp³-hybridized carbons (Fsp3) is 0.261. The minimum atomic E-state index is -0.223. The molecule has 3 amide bonds. The molecular formula is C23H20N2O3. The number of amides is 3. The summed E-state index contributed by atoms with van der Waals surface area (Å²) in [5, 5.41) is 2.89. The first-order valence-electron chi connectivity index (χ1n) is 9.58. The summed E-state index contributed by atoms with van der Waals surface area (Å²) in [6, 6.07) is 14.2. The van der Waals surface area contributed by atoms with Crippen LogP contribution in [0.3, 0.4) is 0 Å². The number of anilines is 2. The van der Waals surface area contributed by atoms with Crippen LogP contribution < -0.4 is 10.2 Å². The van der Waals surface area contributed by atoms with Crippen molar-refractivity contribution in [2.75, 3.05) is 10.2 Å². The Morgan fingerprint density at radius 3 is 2.14 bits per heavy atom. The molecule has 2 aliphatic carbocycles. The van der Waals surface area contributed by atoms with E-state index in [2.05, 4.69) is 17.5 Å². The third kappa shape index (κ3) is 2.43. The zero-order valence-electron chi connectivity index (χ0n) is 15.5. The van der Waals surface area contributed by atoms with Crippen molar-refractivity contribution in [3.8, 4) is 0 Å². The van der Waals surface area contributed by atoms with Crippen molar-refractivity contribution < 1.29 is 14.4 Å². The van der Waals surface area contributed by atoms with Gasteiger partial charge in [-0.3, -0.25) is 19.3 Å². The number of imide groups is 1. The number of nitrogens with one attached hydrogen (secondary N) is 1. The summed E-state index contributed by atoms with van der Waals surface area (Å²) in [7, 11) is 0. The molecule has 0 aromatic heterocycles. The second kappa shape index (κ2) is 6.16. The normalized spacial score (nSPS) is 27.4. The van der Waals surface area contributed by atoms with Gasteiger partial charge < -0.3 is 5.32 Å². The molecule has 140 valence electrons. The summed E-state index contributed by atoms with van der Waals surface area (Å²) in [5.41, 5.74) is 2.76. The van der Waals surface area contributed by atoms with Crippen LogP contribution in [0.15, 0.2) is 60.7 Å². The number of hydrogen-bond acceptors (Lipinski definition) is 3. The Morgan fingerprint density at radius 2 is 1.54 bits per heavy atom. The molecule has 2 fully saturated rings. The van der Waals surface area contributed by atoms with Gasteiger partial charge in [-0.2, -0.15) is 0 Å². The Bertz CT molecular complexity index is 994. The van der Waals surface area contributed by atoms with Crippen LogP contribution in [0.2, 0.25) is 0 Å². The molecule has 28 heavy (non-hydrogen) atoms. The van der Waals surface area contributed by atoms with Gasteiger partial charge in [-0.25, -0.2) is 0 Å². The topological polar surface area (TPSA) is 66.5 Å². The molecule has 5 nitrogen and oxygen atoms in total. The van der Waals surface area contributed by atoms with Crippen molar-refractivity contribution >= 4 is 29.1 Å². The lowest BCUT2D eigenvalue weighted by Gasteiger charge is -2.17. The highest BCUT2D eigenvalue weighted by atomic mass is 16.2. The lowest BCUT2D eigenvalue weighted by Crippen LogP contribution is -2.32. The molecule has 4 atom stereocenters. The van der Waals surface area contributed by atoms with Crippen LogP contribution in [-0.4, -0.2) is 17.7 Å². The Labute approximate surface area is 163 Å². The molecule has 5 rings (SSSR count). The van der Waals surface area contributed by atoms with Gasteiger partial charge in [-0.05, 0) is 61.1 Å². The van der Waals surface area contributed by atoms with E-state index in [0.29, 0.717) is 11.3 Å². The highest BCUT2D eigenvalue weighted by Crippen LogP contribution is 2.53. The fourth-order valence-corrected chi connectivity index (χ4v) is 4.83. The van der Waals surface area contributed by atoms with Gasteiger partial charge in [0, 0.05) is 11.3 Å². The molecule has 3 aliphatic rings. The first kappa shape index (κ1) is 16.9. The van der Waals surface area contributed by atoms with Gasteiger partial charge >= 0.3 is 0 Å². The van der Waals surface area contributed by atoms with Crippen LogP contribution in [0.4, 0.5) is 11.4 Å². The van der Waals surface area contributed by atoms with Crippen LogP contribution in [-0.2, 0) is 9.59 Å². The van der Waals surface area contributed by atoms with Crippen LogP contribution in [0.25, 0.3) is 0 Å². The van der Waals surface area contributed by atoms with Gasteiger partial charge in [0.05, 0.1) is 17.5 Å². The average Bonchev–Trinajstić information content (AvgIpc) is 3.38. The summed E-state index contributed by atoms with van der Waals surface area (Å²) in [6.07, 6.45) is 5.08. The predicted octanol–water partition coefficient (Wildman–Crippen LogP) is 3.56. The van der Waals surface area contributed by atoms with Gasteiger partial charge in [-0.1, -0.05) is 30.4 Å². The maximum atomic E-state index is 12.9. The van der Waals surface area contributed by atoms with Gasteiger partial charge in [0.2, 0.25) is 11.8 Å². The Hall–Kier alpha value is -3.21. The summed E-state index contributed by atoms with van der Waals surface area (Å²) < 4.78 is 0. The van der Waals surface area contributed by atoms with Crippen LogP contribution >= 0.6 is 0 Å². The molecule has 2 aromatic carbocycles. The van der Waals surface area contributed by atoms with E-state index in [1.165, 1.54) is 4.90 Å². The minimum absolute atomic E-state index is 0.107. The Kier molecular flexibility index (Phi) is 3.72. The number of rotatable bonds is 3. The summed E-state index contributed by atoms with van der Waals surface area (Å²) in [4.78, 5) is 39.6. The molecule has 2 bridgehead atoms. The third-order valence-corrected chi connectivity index (χ3v) is 6.25. The maximum absolute atomic E-state index is 12.9. The van der Waals surface area contributed by atoms with E-state index in [4.69, 9.17) is 0 Å². The average molecular weight is 372 g/mol. The monoisotopic (exact) mass is 372 g/mol. The van der Waals surface area contributed by atoms with Crippen LogP contribution in [0, 0.1) is 30.6 Å². The Morgan fingerprint density at radius 1 is 0.929 bits per heavy atom. The zero-order chi connectivity index (χ0) is 19.4. The van der Waals surface area contributed by atoms with Crippen molar-refractivity contribution in [3.05, 3.63) is 71.8 Å². The van der Waals surface area contributed by atoms with Crippen molar-refractivity contribution in [1.82, 2.24) is 0 Å². The smallest absolute Gasteiger partial charge is 0.255 e. The van der Waals surface area contributed by atoms with Crippen molar-refractivity contribution in [1.29, 1.82) is 0 Å². The lowest BCUT2D eigenvalue weighted by atomic mass is 9.85. The van der Waals surface area contributed by atoms with Crippen LogP contribution in [0.1, 0.15) is 22.3 Å².